The normalized spacial score (nSPS) is 10.7. The summed E-state index contributed by atoms with van der Waals surface area (Å²) < 4.78 is 13.0. The van der Waals surface area contributed by atoms with Gasteiger partial charge in [-0.25, -0.2) is 14.4 Å². The quantitative estimate of drug-likeness (QED) is 0.499. The maximum atomic E-state index is 13.0. The Morgan fingerprint density at radius 3 is 2.48 bits per heavy atom. The van der Waals surface area contributed by atoms with Gasteiger partial charge in [-0.3, -0.25) is 0 Å². The minimum Gasteiger partial charge on any atom is -0.355 e. The molecule has 0 fully saturated rings. The molecule has 0 spiro atoms. The van der Waals surface area contributed by atoms with Gasteiger partial charge in [0.25, 0.3) is 0 Å². The van der Waals surface area contributed by atoms with E-state index < -0.39 is 0 Å². The number of hydrogen-bond donors (Lipinski definition) is 2. The molecule has 0 bridgehead atoms. The van der Waals surface area contributed by atoms with Crippen LogP contribution in [0.1, 0.15) is 11.1 Å². The molecule has 27 heavy (non-hydrogen) atoms. The number of halogens is 1. The maximum absolute atomic E-state index is 13.0. The molecule has 3 aromatic carbocycles. The monoisotopic (exact) mass is 358 g/mol. The van der Waals surface area contributed by atoms with Crippen LogP contribution < -0.4 is 10.6 Å². The Labute approximate surface area is 157 Å². The third-order valence-corrected chi connectivity index (χ3v) is 4.40. The summed E-state index contributed by atoms with van der Waals surface area (Å²) in [6, 6.07) is 20.5. The van der Waals surface area contributed by atoms with Gasteiger partial charge in [-0.2, -0.15) is 0 Å². The molecule has 0 atom stereocenters. The summed E-state index contributed by atoms with van der Waals surface area (Å²) in [5, 5.41) is 7.60. The lowest BCUT2D eigenvalue weighted by atomic mass is 10.1. The van der Waals surface area contributed by atoms with Gasteiger partial charge in [0, 0.05) is 29.5 Å². The van der Waals surface area contributed by atoms with E-state index in [1.54, 1.807) is 12.1 Å². The zero-order chi connectivity index (χ0) is 18.6. The lowest BCUT2D eigenvalue weighted by molar-refractivity contribution is 0.627. The third kappa shape index (κ3) is 3.87. The Balaban J connectivity index is 1.56. The highest BCUT2D eigenvalue weighted by atomic mass is 19.1. The highest BCUT2D eigenvalue weighted by Gasteiger charge is 2.06. The van der Waals surface area contributed by atoms with Gasteiger partial charge < -0.3 is 10.6 Å². The Morgan fingerprint density at radius 2 is 1.67 bits per heavy atom. The van der Waals surface area contributed by atoms with Gasteiger partial charge in [-0.15, -0.1) is 0 Å². The van der Waals surface area contributed by atoms with Gasteiger partial charge in [0.05, 0.1) is 5.52 Å². The molecule has 5 heteroatoms. The number of benzene rings is 3. The summed E-state index contributed by atoms with van der Waals surface area (Å²) in [5.41, 5.74) is 5.02. The van der Waals surface area contributed by atoms with Crippen LogP contribution in [0.3, 0.4) is 0 Å². The highest BCUT2D eigenvalue weighted by molar-refractivity contribution is 5.93. The number of rotatable bonds is 5. The van der Waals surface area contributed by atoms with Crippen molar-refractivity contribution in [1.82, 2.24) is 9.97 Å². The lowest BCUT2D eigenvalue weighted by Crippen LogP contribution is -2.04. The van der Waals surface area contributed by atoms with Crippen molar-refractivity contribution in [3.8, 4) is 0 Å². The van der Waals surface area contributed by atoms with Crippen molar-refractivity contribution in [2.45, 2.75) is 13.5 Å². The van der Waals surface area contributed by atoms with E-state index in [-0.39, 0.29) is 5.82 Å². The Hall–Kier alpha value is -3.47. The molecule has 0 aliphatic rings. The molecule has 134 valence electrons. The lowest BCUT2D eigenvalue weighted by Gasteiger charge is -2.12. The van der Waals surface area contributed by atoms with Crippen LogP contribution in [0.4, 0.5) is 21.7 Å². The minimum atomic E-state index is -0.241. The summed E-state index contributed by atoms with van der Waals surface area (Å²) in [6.45, 7) is 2.61. The predicted octanol–water partition coefficient (Wildman–Crippen LogP) is 5.43. The second-order valence-corrected chi connectivity index (χ2v) is 6.35. The molecule has 0 unspecified atom stereocenters. The standard InChI is InChI=1S/C22H19FN4/c1-15-5-2-3-6-19(15)26-20-7-4-8-21-18(20)14-25-22(27-21)24-13-16-9-11-17(23)12-10-16/h2-12,14,26H,13H2,1H3,(H,24,25,27). The second kappa shape index (κ2) is 7.41. The van der Waals surface area contributed by atoms with Crippen LogP contribution in [0, 0.1) is 12.7 Å². The molecule has 0 amide bonds. The second-order valence-electron chi connectivity index (χ2n) is 6.35. The smallest absolute Gasteiger partial charge is 0.223 e. The average Bonchev–Trinajstić information content (AvgIpc) is 2.69. The van der Waals surface area contributed by atoms with E-state index >= 15 is 0 Å². The fourth-order valence-electron chi connectivity index (χ4n) is 2.89. The number of aryl methyl sites for hydroxylation is 1. The van der Waals surface area contributed by atoms with Gasteiger partial charge >= 0.3 is 0 Å². The molecule has 4 nitrogen and oxygen atoms in total. The molecule has 0 saturated carbocycles. The van der Waals surface area contributed by atoms with Gasteiger partial charge in [-0.1, -0.05) is 36.4 Å². The van der Waals surface area contributed by atoms with Crippen LogP contribution in [-0.2, 0) is 6.54 Å². The molecule has 0 saturated heterocycles. The Morgan fingerprint density at radius 1 is 0.889 bits per heavy atom. The number of fused-ring (bicyclic) bond motifs is 1. The fourth-order valence-corrected chi connectivity index (χ4v) is 2.89. The van der Waals surface area contributed by atoms with Crippen LogP contribution in [0.2, 0.25) is 0 Å². The van der Waals surface area contributed by atoms with E-state index in [2.05, 4.69) is 33.6 Å². The fraction of sp³-hybridized carbons (Fsp3) is 0.0909. The van der Waals surface area contributed by atoms with Crippen molar-refractivity contribution in [1.29, 1.82) is 0 Å². The minimum absolute atomic E-state index is 0.241. The van der Waals surface area contributed by atoms with Crippen LogP contribution in [-0.4, -0.2) is 9.97 Å². The summed E-state index contributed by atoms with van der Waals surface area (Å²) in [4.78, 5) is 9.02. The number of anilines is 3. The van der Waals surface area contributed by atoms with Crippen LogP contribution >= 0.6 is 0 Å². The van der Waals surface area contributed by atoms with Crippen LogP contribution in [0.25, 0.3) is 10.9 Å². The maximum Gasteiger partial charge on any atom is 0.223 e. The molecule has 4 rings (SSSR count). The zero-order valence-electron chi connectivity index (χ0n) is 14.9. The first-order valence-corrected chi connectivity index (χ1v) is 8.76. The van der Waals surface area contributed by atoms with Crippen molar-refractivity contribution >= 4 is 28.2 Å². The highest BCUT2D eigenvalue weighted by Crippen LogP contribution is 2.27. The number of nitrogens with zero attached hydrogens (tertiary/aromatic N) is 2. The Bertz CT molecular complexity index is 1080. The van der Waals surface area contributed by atoms with Gasteiger partial charge in [-0.05, 0) is 48.4 Å². The van der Waals surface area contributed by atoms with Crippen LogP contribution in [0.5, 0.6) is 0 Å². The molecule has 0 aliphatic heterocycles. The van der Waals surface area contributed by atoms with E-state index in [4.69, 9.17) is 0 Å². The SMILES string of the molecule is Cc1ccccc1Nc1cccc2nc(NCc3ccc(F)cc3)ncc12. The number of nitrogens with one attached hydrogen (secondary N) is 2. The number of para-hydroxylation sites is 1. The van der Waals surface area contributed by atoms with E-state index in [1.165, 1.54) is 17.7 Å². The molecular formula is C22H19FN4. The van der Waals surface area contributed by atoms with Crippen molar-refractivity contribution in [2.24, 2.45) is 0 Å². The molecule has 0 aliphatic carbocycles. The van der Waals surface area contributed by atoms with Gasteiger partial charge in [0.15, 0.2) is 0 Å². The van der Waals surface area contributed by atoms with E-state index in [9.17, 15) is 4.39 Å². The van der Waals surface area contributed by atoms with Crippen molar-refractivity contribution < 1.29 is 4.39 Å². The van der Waals surface area contributed by atoms with Crippen LogP contribution in [0.15, 0.2) is 72.9 Å². The van der Waals surface area contributed by atoms with Crippen molar-refractivity contribution in [2.75, 3.05) is 10.6 Å². The Kier molecular flexibility index (Phi) is 4.66. The molecular weight excluding hydrogens is 339 g/mol. The summed E-state index contributed by atoms with van der Waals surface area (Å²) in [6.07, 6.45) is 1.82. The van der Waals surface area contributed by atoms with E-state index in [1.807, 2.05) is 42.6 Å². The number of hydrogen-bond acceptors (Lipinski definition) is 4. The zero-order valence-corrected chi connectivity index (χ0v) is 14.9. The molecule has 4 aromatic rings. The van der Waals surface area contributed by atoms with E-state index in [0.29, 0.717) is 12.5 Å². The first-order valence-electron chi connectivity index (χ1n) is 8.76. The topological polar surface area (TPSA) is 49.8 Å². The van der Waals surface area contributed by atoms with Gasteiger partial charge in [0.1, 0.15) is 5.82 Å². The molecule has 0 radical (unpaired) electrons. The van der Waals surface area contributed by atoms with E-state index in [0.717, 1.165) is 27.8 Å². The largest absolute Gasteiger partial charge is 0.355 e. The van der Waals surface area contributed by atoms with Gasteiger partial charge in [0.2, 0.25) is 5.95 Å². The van der Waals surface area contributed by atoms with Crippen molar-refractivity contribution in [3.05, 3.63) is 89.9 Å². The third-order valence-electron chi connectivity index (χ3n) is 4.40. The molecule has 2 N–H and O–H groups in total. The van der Waals surface area contributed by atoms with Crippen molar-refractivity contribution in [3.63, 3.8) is 0 Å². The first kappa shape index (κ1) is 17.0. The summed E-state index contributed by atoms with van der Waals surface area (Å²) in [7, 11) is 0. The summed E-state index contributed by atoms with van der Waals surface area (Å²) >= 11 is 0. The predicted molar refractivity (Wildman–Crippen MR) is 108 cm³/mol. The first-order chi connectivity index (χ1) is 13.2. The molecule has 1 aromatic heterocycles. The average molecular weight is 358 g/mol. The molecule has 1 heterocycles. The number of aromatic nitrogens is 2. The summed E-state index contributed by atoms with van der Waals surface area (Å²) in [5.74, 6) is 0.300.